The van der Waals surface area contributed by atoms with Gasteiger partial charge in [-0.25, -0.2) is 4.79 Å². The average molecular weight is 239 g/mol. The lowest BCUT2D eigenvalue weighted by Crippen LogP contribution is -2.08. The van der Waals surface area contributed by atoms with Gasteiger partial charge in [0.25, 0.3) is 5.69 Å². The van der Waals surface area contributed by atoms with Crippen LogP contribution in [0.2, 0.25) is 0 Å². The Bertz CT molecular complexity index is 430. The van der Waals surface area contributed by atoms with Crippen LogP contribution in [0.4, 0.5) is 5.69 Å². The van der Waals surface area contributed by atoms with Gasteiger partial charge in [0.2, 0.25) is 0 Å². The number of carbonyl (C=O) groups excluding carboxylic acids is 1. The number of benzene rings is 1. The molecule has 1 aromatic rings. The Kier molecular flexibility index (Phi) is 4.45. The molecule has 0 N–H and O–H groups in total. The zero-order chi connectivity index (χ0) is 12.8. The van der Waals surface area contributed by atoms with Crippen LogP contribution in [0.5, 0.6) is 5.75 Å². The van der Waals surface area contributed by atoms with Crippen LogP contribution in [0.15, 0.2) is 18.2 Å². The van der Waals surface area contributed by atoms with Gasteiger partial charge in [-0.3, -0.25) is 10.1 Å². The molecule has 0 fully saturated rings. The molecule has 0 aliphatic rings. The largest absolute Gasteiger partial charge is 0.496 e. The summed E-state index contributed by atoms with van der Waals surface area (Å²) < 4.78 is 9.86. The summed E-state index contributed by atoms with van der Waals surface area (Å²) in [5.41, 5.74) is 0.0560. The smallest absolute Gasteiger partial charge is 0.341 e. The second kappa shape index (κ2) is 5.83. The number of non-ortho nitro benzene ring substituents is 1. The van der Waals surface area contributed by atoms with E-state index in [0.717, 1.165) is 0 Å². The minimum Gasteiger partial charge on any atom is -0.496 e. The number of nitrogens with zero attached hydrogens (tertiary/aromatic N) is 1. The molecule has 0 bridgehead atoms. The van der Waals surface area contributed by atoms with E-state index in [0.29, 0.717) is 13.0 Å². The Balaban J connectivity index is 3.00. The molecule has 92 valence electrons. The van der Waals surface area contributed by atoms with Crippen molar-refractivity contribution in [1.29, 1.82) is 0 Å². The van der Waals surface area contributed by atoms with Crippen molar-refractivity contribution in [3.63, 3.8) is 0 Å². The molecule has 0 saturated heterocycles. The van der Waals surface area contributed by atoms with E-state index >= 15 is 0 Å². The predicted octanol–water partition coefficient (Wildman–Crippen LogP) is 2.17. The van der Waals surface area contributed by atoms with Crippen LogP contribution < -0.4 is 4.74 Å². The summed E-state index contributed by atoms with van der Waals surface area (Å²) in [5.74, 6) is -0.404. The summed E-state index contributed by atoms with van der Waals surface area (Å²) in [4.78, 5) is 21.6. The van der Waals surface area contributed by atoms with Gasteiger partial charge in [0.05, 0.1) is 24.7 Å². The number of carbonyl (C=O) groups is 1. The van der Waals surface area contributed by atoms with Crippen LogP contribution in [-0.4, -0.2) is 24.6 Å². The number of ether oxygens (including phenoxy) is 2. The molecule has 6 nitrogen and oxygen atoms in total. The molecule has 0 aliphatic heterocycles. The predicted molar refractivity (Wildman–Crippen MR) is 60.2 cm³/mol. The van der Waals surface area contributed by atoms with E-state index in [4.69, 9.17) is 9.47 Å². The second-order valence-corrected chi connectivity index (χ2v) is 3.28. The zero-order valence-corrected chi connectivity index (χ0v) is 9.63. The third-order valence-corrected chi connectivity index (χ3v) is 2.05. The maximum absolute atomic E-state index is 11.6. The maximum atomic E-state index is 11.6. The Labute approximate surface area is 98.3 Å². The second-order valence-electron chi connectivity index (χ2n) is 3.28. The lowest BCUT2D eigenvalue weighted by molar-refractivity contribution is -0.384. The molecule has 1 rings (SSSR count). The third kappa shape index (κ3) is 3.17. The number of nitro groups is 1. The van der Waals surface area contributed by atoms with Crippen molar-refractivity contribution in [3.05, 3.63) is 33.9 Å². The highest BCUT2D eigenvalue weighted by Crippen LogP contribution is 2.25. The molecule has 0 aromatic heterocycles. The highest BCUT2D eigenvalue weighted by molar-refractivity contribution is 5.92. The van der Waals surface area contributed by atoms with Crippen molar-refractivity contribution in [1.82, 2.24) is 0 Å². The highest BCUT2D eigenvalue weighted by atomic mass is 16.6. The minimum absolute atomic E-state index is 0.131. The van der Waals surface area contributed by atoms with Crippen LogP contribution in [0.1, 0.15) is 23.7 Å². The number of rotatable bonds is 5. The van der Waals surface area contributed by atoms with Crippen LogP contribution in [0.3, 0.4) is 0 Å². The molecule has 0 atom stereocenters. The van der Waals surface area contributed by atoms with Gasteiger partial charge >= 0.3 is 5.97 Å². The fraction of sp³-hybridized carbons (Fsp3) is 0.364. The van der Waals surface area contributed by atoms with Crippen molar-refractivity contribution in [2.24, 2.45) is 0 Å². The van der Waals surface area contributed by atoms with Gasteiger partial charge in [-0.15, -0.1) is 0 Å². The molecule has 0 heterocycles. The molecular formula is C11H13NO5. The third-order valence-electron chi connectivity index (χ3n) is 2.05. The Morgan fingerprint density at radius 2 is 2.18 bits per heavy atom. The molecule has 0 radical (unpaired) electrons. The van der Waals surface area contributed by atoms with Crippen molar-refractivity contribution >= 4 is 11.7 Å². The Hall–Kier alpha value is -2.11. The SMILES string of the molecule is CCCOC(=O)c1ccc([N+](=O)[O-])cc1OC. The van der Waals surface area contributed by atoms with Crippen LogP contribution >= 0.6 is 0 Å². The van der Waals surface area contributed by atoms with Gasteiger partial charge in [-0.2, -0.15) is 0 Å². The van der Waals surface area contributed by atoms with Crippen LogP contribution in [0, 0.1) is 10.1 Å². The average Bonchev–Trinajstić information content (AvgIpc) is 2.34. The lowest BCUT2D eigenvalue weighted by Gasteiger charge is -2.07. The first-order valence-electron chi connectivity index (χ1n) is 5.09. The first-order valence-corrected chi connectivity index (χ1v) is 5.09. The molecule has 6 heteroatoms. The number of hydrogen-bond donors (Lipinski definition) is 0. The molecule has 1 aromatic carbocycles. The molecule has 0 amide bonds. The Morgan fingerprint density at radius 3 is 2.71 bits per heavy atom. The number of methoxy groups -OCH3 is 1. The summed E-state index contributed by atoms with van der Waals surface area (Å²) in [6.45, 7) is 2.18. The van der Waals surface area contributed by atoms with E-state index in [1.807, 2.05) is 6.92 Å². The molecular weight excluding hydrogens is 226 g/mol. The summed E-state index contributed by atoms with van der Waals surface area (Å²) in [5, 5.41) is 10.6. The van der Waals surface area contributed by atoms with E-state index in [9.17, 15) is 14.9 Å². The molecule has 0 aliphatic carbocycles. The lowest BCUT2D eigenvalue weighted by atomic mass is 10.2. The Morgan fingerprint density at radius 1 is 1.47 bits per heavy atom. The minimum atomic E-state index is -0.552. The fourth-order valence-corrected chi connectivity index (χ4v) is 1.23. The van der Waals surface area contributed by atoms with E-state index < -0.39 is 10.9 Å². The zero-order valence-electron chi connectivity index (χ0n) is 9.63. The number of nitro benzene ring substituents is 1. The maximum Gasteiger partial charge on any atom is 0.341 e. The van der Waals surface area contributed by atoms with Gasteiger partial charge in [0.15, 0.2) is 0 Å². The van der Waals surface area contributed by atoms with Gasteiger partial charge < -0.3 is 9.47 Å². The first-order chi connectivity index (χ1) is 8.10. The monoisotopic (exact) mass is 239 g/mol. The first kappa shape index (κ1) is 13.0. The van der Waals surface area contributed by atoms with Crippen molar-refractivity contribution in [2.45, 2.75) is 13.3 Å². The number of esters is 1. The standard InChI is InChI=1S/C11H13NO5/c1-3-6-17-11(13)9-5-4-8(12(14)15)7-10(9)16-2/h4-5,7H,3,6H2,1-2H3. The van der Waals surface area contributed by atoms with E-state index in [-0.39, 0.29) is 17.0 Å². The molecule has 0 saturated carbocycles. The summed E-state index contributed by atoms with van der Waals surface area (Å²) in [7, 11) is 1.34. The quantitative estimate of drug-likeness (QED) is 0.447. The van der Waals surface area contributed by atoms with Gasteiger partial charge in [-0.05, 0) is 12.5 Å². The summed E-state index contributed by atoms with van der Waals surface area (Å²) in [6, 6.07) is 3.77. The number of hydrogen-bond acceptors (Lipinski definition) is 5. The van der Waals surface area contributed by atoms with Gasteiger partial charge in [0.1, 0.15) is 11.3 Å². The van der Waals surface area contributed by atoms with E-state index in [2.05, 4.69) is 0 Å². The van der Waals surface area contributed by atoms with Gasteiger partial charge in [0, 0.05) is 6.07 Å². The molecule has 0 spiro atoms. The topological polar surface area (TPSA) is 78.7 Å². The normalized spacial score (nSPS) is 9.76. The van der Waals surface area contributed by atoms with E-state index in [1.54, 1.807) is 0 Å². The van der Waals surface area contributed by atoms with Crippen molar-refractivity contribution in [2.75, 3.05) is 13.7 Å². The van der Waals surface area contributed by atoms with E-state index in [1.165, 1.54) is 25.3 Å². The molecule has 17 heavy (non-hydrogen) atoms. The summed E-state index contributed by atoms with van der Waals surface area (Å²) >= 11 is 0. The highest BCUT2D eigenvalue weighted by Gasteiger charge is 2.17. The van der Waals surface area contributed by atoms with Crippen LogP contribution in [-0.2, 0) is 4.74 Å². The van der Waals surface area contributed by atoms with Crippen molar-refractivity contribution in [3.8, 4) is 5.75 Å². The summed E-state index contributed by atoms with van der Waals surface area (Å²) in [6.07, 6.45) is 0.709. The fourth-order valence-electron chi connectivity index (χ4n) is 1.23. The van der Waals surface area contributed by atoms with Crippen LogP contribution in [0.25, 0.3) is 0 Å². The molecule has 0 unspecified atom stereocenters. The van der Waals surface area contributed by atoms with Gasteiger partial charge in [-0.1, -0.05) is 6.92 Å². The van der Waals surface area contributed by atoms with Crippen molar-refractivity contribution < 1.29 is 19.2 Å².